The molecule has 1 unspecified atom stereocenters. The number of nitriles is 1. The van der Waals surface area contributed by atoms with E-state index in [1.807, 2.05) is 24.3 Å². The Balaban J connectivity index is 1.26. The van der Waals surface area contributed by atoms with E-state index in [2.05, 4.69) is 26.3 Å². The van der Waals surface area contributed by atoms with Crippen LogP contribution in [0.2, 0.25) is 0 Å². The molecule has 1 aliphatic carbocycles. The predicted octanol–water partition coefficient (Wildman–Crippen LogP) is 5.64. The summed E-state index contributed by atoms with van der Waals surface area (Å²) >= 11 is 1.11. The second kappa shape index (κ2) is 8.17. The van der Waals surface area contributed by atoms with Crippen LogP contribution in [-0.2, 0) is 12.8 Å². The van der Waals surface area contributed by atoms with Gasteiger partial charge in [0.05, 0.1) is 24.3 Å². The molecular formula is C24H24F3N5S. The van der Waals surface area contributed by atoms with Crippen molar-refractivity contribution in [3.63, 3.8) is 0 Å². The molecule has 172 valence electrons. The van der Waals surface area contributed by atoms with Crippen molar-refractivity contribution in [1.29, 1.82) is 5.26 Å². The van der Waals surface area contributed by atoms with Gasteiger partial charge in [0.15, 0.2) is 0 Å². The molecule has 2 fully saturated rings. The molecule has 0 amide bonds. The fourth-order valence-corrected chi connectivity index (χ4v) is 6.26. The largest absolute Gasteiger partial charge is 0.393 e. The van der Waals surface area contributed by atoms with E-state index in [0.717, 1.165) is 66.1 Å². The first-order valence-corrected chi connectivity index (χ1v) is 11.8. The summed E-state index contributed by atoms with van der Waals surface area (Å²) in [6, 6.07) is 12.2. The first-order valence-electron chi connectivity index (χ1n) is 11.0. The van der Waals surface area contributed by atoms with Crippen molar-refractivity contribution in [1.82, 2.24) is 9.97 Å². The van der Waals surface area contributed by atoms with E-state index < -0.39 is 12.6 Å². The van der Waals surface area contributed by atoms with Crippen LogP contribution < -0.4 is 10.2 Å². The number of fused-ring (bicyclic) bond motifs is 1. The lowest BCUT2D eigenvalue weighted by molar-refractivity contribution is -0.126. The predicted molar refractivity (Wildman–Crippen MR) is 124 cm³/mol. The summed E-state index contributed by atoms with van der Waals surface area (Å²) in [6.07, 6.45) is -1.49. The van der Waals surface area contributed by atoms with Crippen LogP contribution in [0.1, 0.15) is 35.5 Å². The van der Waals surface area contributed by atoms with Gasteiger partial charge in [-0.2, -0.15) is 18.4 Å². The smallest absolute Gasteiger partial charge is 0.382 e. The number of aromatic nitrogens is 2. The van der Waals surface area contributed by atoms with Crippen LogP contribution in [0.4, 0.5) is 24.7 Å². The van der Waals surface area contributed by atoms with Crippen LogP contribution >= 0.6 is 11.3 Å². The van der Waals surface area contributed by atoms with Crippen molar-refractivity contribution < 1.29 is 13.2 Å². The van der Waals surface area contributed by atoms with E-state index >= 15 is 0 Å². The third-order valence-corrected chi connectivity index (χ3v) is 7.60. The normalized spacial score (nSPS) is 19.6. The van der Waals surface area contributed by atoms with E-state index in [4.69, 9.17) is 5.26 Å². The summed E-state index contributed by atoms with van der Waals surface area (Å²) in [5.41, 5.74) is 2.30. The quantitative estimate of drug-likeness (QED) is 0.522. The van der Waals surface area contributed by atoms with Gasteiger partial charge in [-0.05, 0) is 49.9 Å². The molecule has 1 atom stereocenters. The van der Waals surface area contributed by atoms with Gasteiger partial charge in [0.25, 0.3) is 0 Å². The average Bonchev–Trinajstić information content (AvgIpc) is 3.30. The molecule has 9 heteroatoms. The van der Waals surface area contributed by atoms with Gasteiger partial charge in [-0.1, -0.05) is 12.1 Å². The topological polar surface area (TPSA) is 64.8 Å². The summed E-state index contributed by atoms with van der Waals surface area (Å²) in [6.45, 7) is 3.52. The van der Waals surface area contributed by atoms with Crippen molar-refractivity contribution in [2.24, 2.45) is 5.41 Å². The Labute approximate surface area is 194 Å². The minimum absolute atomic E-state index is 0.217. The van der Waals surface area contributed by atoms with Crippen LogP contribution in [0.15, 0.2) is 30.3 Å². The summed E-state index contributed by atoms with van der Waals surface area (Å²) < 4.78 is 38.6. The molecule has 3 heterocycles. The Kier molecular flexibility index (Phi) is 5.44. The standard InChI is InChI=1S/C24H24F3N5S/c1-15-29-21(20-10-19(12-24(25,26)27)33-22(20)30-15)32-13-23(14-32)8-6-18(11-23)31-17-4-2-16(3-5-17)7-9-28/h2-5,10,18,31H,6-8,11-14H2,1H3. The van der Waals surface area contributed by atoms with Gasteiger partial charge in [0.2, 0.25) is 0 Å². The maximum absolute atomic E-state index is 12.9. The summed E-state index contributed by atoms with van der Waals surface area (Å²) in [5, 5.41) is 13.2. The van der Waals surface area contributed by atoms with Crippen molar-refractivity contribution in [2.75, 3.05) is 23.3 Å². The molecular weight excluding hydrogens is 447 g/mol. The van der Waals surface area contributed by atoms with Crippen molar-refractivity contribution in [2.45, 2.75) is 51.2 Å². The SMILES string of the molecule is Cc1nc(N2CC3(CCC(Nc4ccc(CC#N)cc4)C3)C2)c2cc(CC(F)(F)F)sc2n1. The highest BCUT2D eigenvalue weighted by atomic mass is 32.1. The lowest BCUT2D eigenvalue weighted by atomic mass is 9.78. The van der Waals surface area contributed by atoms with Crippen LogP contribution in [0.25, 0.3) is 10.2 Å². The second-order valence-electron chi connectivity index (χ2n) is 9.29. The number of aryl methyl sites for hydroxylation is 1. The van der Waals surface area contributed by atoms with E-state index in [9.17, 15) is 13.2 Å². The third kappa shape index (κ3) is 4.62. The summed E-state index contributed by atoms with van der Waals surface area (Å²) in [4.78, 5) is 12.1. The van der Waals surface area contributed by atoms with E-state index in [1.165, 1.54) is 0 Å². The average molecular weight is 472 g/mol. The lowest BCUT2D eigenvalue weighted by Crippen LogP contribution is -2.56. The Morgan fingerprint density at radius 2 is 2.00 bits per heavy atom. The van der Waals surface area contributed by atoms with Gasteiger partial charge in [-0.3, -0.25) is 0 Å². The molecule has 2 aromatic heterocycles. The minimum atomic E-state index is -4.23. The highest BCUT2D eigenvalue weighted by molar-refractivity contribution is 7.18. The number of anilines is 2. The van der Waals surface area contributed by atoms with Gasteiger partial charge < -0.3 is 10.2 Å². The zero-order chi connectivity index (χ0) is 23.2. The maximum atomic E-state index is 12.9. The summed E-state index contributed by atoms with van der Waals surface area (Å²) in [7, 11) is 0. The molecule has 5 rings (SSSR count). The highest BCUT2D eigenvalue weighted by Gasteiger charge is 2.49. The number of nitrogens with zero attached hydrogens (tertiary/aromatic N) is 4. The molecule has 5 nitrogen and oxygen atoms in total. The number of thiophene rings is 1. The molecule has 1 aromatic carbocycles. The van der Waals surface area contributed by atoms with Crippen molar-refractivity contribution >= 4 is 33.1 Å². The number of halogens is 3. The first kappa shape index (κ1) is 22.0. The molecule has 1 saturated carbocycles. The van der Waals surface area contributed by atoms with Crippen LogP contribution in [0, 0.1) is 23.7 Å². The molecule has 1 N–H and O–H groups in total. The molecule has 3 aromatic rings. The fourth-order valence-electron chi connectivity index (χ4n) is 5.16. The zero-order valence-corrected chi connectivity index (χ0v) is 19.1. The number of alkyl halides is 3. The number of rotatable bonds is 5. The highest BCUT2D eigenvalue weighted by Crippen LogP contribution is 2.49. The van der Waals surface area contributed by atoms with E-state index in [-0.39, 0.29) is 10.3 Å². The van der Waals surface area contributed by atoms with Crippen molar-refractivity contribution in [3.8, 4) is 6.07 Å². The Bertz CT molecular complexity index is 1210. The Hall–Kier alpha value is -2.86. The van der Waals surface area contributed by atoms with Gasteiger partial charge in [0, 0.05) is 35.1 Å². The first-order chi connectivity index (χ1) is 15.7. The monoisotopic (exact) mass is 471 g/mol. The van der Waals surface area contributed by atoms with Gasteiger partial charge in [-0.15, -0.1) is 11.3 Å². The second-order valence-corrected chi connectivity index (χ2v) is 10.4. The van der Waals surface area contributed by atoms with Gasteiger partial charge in [-0.25, -0.2) is 9.97 Å². The molecule has 33 heavy (non-hydrogen) atoms. The summed E-state index contributed by atoms with van der Waals surface area (Å²) in [5.74, 6) is 1.35. The van der Waals surface area contributed by atoms with Crippen LogP contribution in [0.3, 0.4) is 0 Å². The van der Waals surface area contributed by atoms with Crippen LogP contribution in [-0.4, -0.2) is 35.3 Å². The van der Waals surface area contributed by atoms with E-state index in [1.54, 1.807) is 13.0 Å². The van der Waals surface area contributed by atoms with Gasteiger partial charge in [0.1, 0.15) is 16.5 Å². The molecule has 0 bridgehead atoms. The Morgan fingerprint density at radius 3 is 2.70 bits per heavy atom. The third-order valence-electron chi connectivity index (χ3n) is 6.57. The van der Waals surface area contributed by atoms with Gasteiger partial charge >= 0.3 is 6.18 Å². The molecule has 0 radical (unpaired) electrons. The zero-order valence-electron chi connectivity index (χ0n) is 18.2. The van der Waals surface area contributed by atoms with E-state index in [0.29, 0.717) is 23.1 Å². The number of hydrogen-bond donors (Lipinski definition) is 1. The molecule has 1 saturated heterocycles. The molecule has 2 aliphatic rings. The van der Waals surface area contributed by atoms with Crippen LogP contribution in [0.5, 0.6) is 0 Å². The molecule has 1 aliphatic heterocycles. The number of nitrogens with one attached hydrogen (secondary N) is 1. The Morgan fingerprint density at radius 1 is 1.24 bits per heavy atom. The maximum Gasteiger partial charge on any atom is 0.393 e. The van der Waals surface area contributed by atoms with Crippen molar-refractivity contribution in [3.05, 3.63) is 46.6 Å². The number of benzene rings is 1. The number of hydrogen-bond acceptors (Lipinski definition) is 6. The lowest BCUT2D eigenvalue weighted by Gasteiger charge is -2.49. The minimum Gasteiger partial charge on any atom is -0.382 e. The molecule has 1 spiro atoms. The fraction of sp³-hybridized carbons (Fsp3) is 0.458.